The fourth-order valence-electron chi connectivity index (χ4n) is 0.139. The normalized spacial score (nSPS) is 11.3. The summed E-state index contributed by atoms with van der Waals surface area (Å²) < 4.78 is 22.2. The molecule has 0 aromatic carbocycles. The summed E-state index contributed by atoms with van der Waals surface area (Å²) in [5, 5.41) is 0. The van der Waals surface area contributed by atoms with Crippen LogP contribution >= 0.6 is 15.6 Å². The van der Waals surface area contributed by atoms with E-state index in [0.29, 0.717) is 0 Å². The Morgan fingerprint density at radius 2 is 1.09 bits per heavy atom. The summed E-state index contributed by atoms with van der Waals surface area (Å²) in [6.07, 6.45) is 0. The maximum Gasteiger partial charge on any atom is 0.478 e. The number of phosphoric acid groups is 2. The van der Waals surface area contributed by atoms with Crippen LogP contribution in [0.5, 0.6) is 0 Å². The van der Waals surface area contributed by atoms with Crippen molar-refractivity contribution in [3.8, 4) is 0 Å². The van der Waals surface area contributed by atoms with Gasteiger partial charge in [0, 0.05) is 29.6 Å². The van der Waals surface area contributed by atoms with E-state index in [-0.39, 0.29) is 35.0 Å². The molecule has 0 saturated heterocycles. The van der Waals surface area contributed by atoms with Crippen molar-refractivity contribution < 1.29 is 38.5 Å². The smallest absolute Gasteiger partial charge is 0.412 e. The molecule has 8 nitrogen and oxygen atoms in total. The molecule has 0 aliphatic rings. The first-order chi connectivity index (χ1) is 3.71. The van der Waals surface area contributed by atoms with Gasteiger partial charge < -0.3 is 25.0 Å². The molecule has 0 heterocycles. The Morgan fingerprint density at radius 1 is 0.909 bits per heavy atom. The van der Waals surface area contributed by atoms with E-state index >= 15 is 0 Å². The summed E-state index contributed by atoms with van der Waals surface area (Å²) in [6.45, 7) is 0. The van der Waals surface area contributed by atoms with E-state index in [9.17, 15) is 9.13 Å². The fourth-order valence-corrected chi connectivity index (χ4v) is 1.25. The van der Waals surface area contributed by atoms with Crippen LogP contribution < -0.4 is 0 Å². The van der Waals surface area contributed by atoms with Crippen LogP contribution in [0.3, 0.4) is 0 Å². The van der Waals surface area contributed by atoms with E-state index in [2.05, 4.69) is 4.31 Å². The minimum atomic E-state index is -5.05. The van der Waals surface area contributed by atoms with Gasteiger partial charge in [0.05, 0.1) is 0 Å². The molecular formula is H6NaO8P2. The predicted octanol–water partition coefficient (Wildman–Crippen LogP) is -2.02. The largest absolute Gasteiger partial charge is 0.478 e. The molecule has 0 fully saturated rings. The average Bonchev–Trinajstić information content (AvgIpc) is 1.14. The van der Waals surface area contributed by atoms with E-state index in [0.717, 1.165) is 0 Å². The van der Waals surface area contributed by atoms with Crippen molar-refractivity contribution in [2.24, 2.45) is 0 Å². The van der Waals surface area contributed by atoms with E-state index in [1.54, 1.807) is 0 Å². The molecule has 1 radical (unpaired) electrons. The fraction of sp³-hybridized carbons (Fsp3) is 0. The van der Waals surface area contributed by atoms with Gasteiger partial charge in [-0.1, -0.05) is 0 Å². The minimum absolute atomic E-state index is 0. The summed E-state index contributed by atoms with van der Waals surface area (Å²) in [7, 11) is -10.1. The van der Waals surface area contributed by atoms with E-state index in [1.807, 2.05) is 0 Å². The third-order valence-corrected chi connectivity index (χ3v) is 1.91. The molecule has 11 heavy (non-hydrogen) atoms. The molecule has 11 heteroatoms. The summed E-state index contributed by atoms with van der Waals surface area (Å²) in [5.41, 5.74) is 0. The van der Waals surface area contributed by atoms with Crippen LogP contribution in [0.2, 0.25) is 0 Å². The third kappa shape index (κ3) is 18.3. The van der Waals surface area contributed by atoms with Gasteiger partial charge in [0.25, 0.3) is 0 Å². The summed E-state index contributed by atoms with van der Waals surface area (Å²) >= 11 is 0. The standard InChI is InChI=1S/Na.H4O7P2.H2O/c;1-8(2,3)7-9(4,5)6;/h;(H2,1,2,3)(H2,4,5,6);1H2. The first-order valence-corrected chi connectivity index (χ1v) is 4.59. The zero-order valence-electron chi connectivity index (χ0n) is 5.41. The summed E-state index contributed by atoms with van der Waals surface area (Å²) in [4.78, 5) is 31.0. The Balaban J connectivity index is -0.000000320. The molecule has 6 N–H and O–H groups in total. The zero-order chi connectivity index (χ0) is 7.71. The van der Waals surface area contributed by atoms with Gasteiger partial charge in [-0.3, -0.25) is 0 Å². The van der Waals surface area contributed by atoms with Gasteiger partial charge in [0.2, 0.25) is 0 Å². The molecular weight excluding hydrogens is 213 g/mol. The van der Waals surface area contributed by atoms with Gasteiger partial charge in [-0.2, -0.15) is 4.31 Å². The van der Waals surface area contributed by atoms with Crippen LogP contribution in [-0.2, 0) is 13.4 Å². The molecule has 0 unspecified atom stereocenters. The van der Waals surface area contributed by atoms with E-state index in [4.69, 9.17) is 19.6 Å². The second kappa shape index (κ2) is 5.80. The van der Waals surface area contributed by atoms with Crippen LogP contribution in [0.1, 0.15) is 0 Å². The van der Waals surface area contributed by atoms with Gasteiger partial charge in [0.1, 0.15) is 0 Å². The van der Waals surface area contributed by atoms with E-state index in [1.165, 1.54) is 0 Å². The first kappa shape index (κ1) is 18.1. The maximum absolute atomic E-state index is 9.63. The second-order valence-electron chi connectivity index (χ2n) is 1.06. The van der Waals surface area contributed by atoms with Crippen molar-refractivity contribution in [2.45, 2.75) is 0 Å². The molecule has 0 spiro atoms. The minimum Gasteiger partial charge on any atom is -0.412 e. The summed E-state index contributed by atoms with van der Waals surface area (Å²) in [5.74, 6) is 0. The quantitative estimate of drug-likeness (QED) is 0.308. The Hall–Kier alpha value is 1.22. The van der Waals surface area contributed by atoms with Gasteiger partial charge in [-0.05, 0) is 0 Å². The molecule has 0 bridgehead atoms. The molecule has 65 valence electrons. The molecule has 0 saturated carbocycles. The van der Waals surface area contributed by atoms with Gasteiger partial charge >= 0.3 is 15.6 Å². The SMILES string of the molecule is O.O=P(O)(O)OP(=O)(O)O.[Na]. The topological polar surface area (TPSA) is 156 Å². The van der Waals surface area contributed by atoms with Crippen LogP contribution in [0.25, 0.3) is 0 Å². The van der Waals surface area contributed by atoms with Crippen LogP contribution in [0, 0.1) is 0 Å². The van der Waals surface area contributed by atoms with Gasteiger partial charge in [-0.15, -0.1) is 0 Å². The molecule has 0 aliphatic carbocycles. The Labute approximate surface area is 83.7 Å². The number of hydrogen-bond acceptors (Lipinski definition) is 3. The van der Waals surface area contributed by atoms with Crippen LogP contribution in [0.15, 0.2) is 0 Å². The molecule has 0 aromatic heterocycles. The summed E-state index contributed by atoms with van der Waals surface area (Å²) in [6, 6.07) is 0. The van der Waals surface area contributed by atoms with Crippen LogP contribution in [0.4, 0.5) is 0 Å². The molecule has 0 aromatic rings. The molecule has 0 atom stereocenters. The monoisotopic (exact) mass is 219 g/mol. The Morgan fingerprint density at radius 3 is 1.09 bits per heavy atom. The third-order valence-electron chi connectivity index (χ3n) is 0.213. The molecule has 0 amide bonds. The number of rotatable bonds is 2. The number of hydrogen-bond donors (Lipinski definition) is 4. The average molecular weight is 219 g/mol. The van der Waals surface area contributed by atoms with Gasteiger partial charge in [0.15, 0.2) is 0 Å². The molecule has 0 aliphatic heterocycles. The maximum atomic E-state index is 9.63. The van der Waals surface area contributed by atoms with Crippen molar-refractivity contribution in [3.05, 3.63) is 0 Å². The zero-order valence-corrected chi connectivity index (χ0v) is 9.20. The Kier molecular flexibility index (Phi) is 9.53. The predicted molar refractivity (Wildman–Crippen MR) is 34.5 cm³/mol. The Bertz CT molecular complexity index is 153. The van der Waals surface area contributed by atoms with Crippen LogP contribution in [-0.4, -0.2) is 54.6 Å². The van der Waals surface area contributed by atoms with Crippen molar-refractivity contribution in [1.82, 2.24) is 0 Å². The molecule has 0 rings (SSSR count). The second-order valence-corrected chi connectivity index (χ2v) is 3.68. The van der Waals surface area contributed by atoms with Crippen molar-refractivity contribution in [2.75, 3.05) is 0 Å². The van der Waals surface area contributed by atoms with Crippen molar-refractivity contribution in [1.29, 1.82) is 0 Å². The first-order valence-electron chi connectivity index (χ1n) is 1.53. The van der Waals surface area contributed by atoms with Crippen molar-refractivity contribution >= 4 is 45.2 Å². The van der Waals surface area contributed by atoms with Gasteiger partial charge in [-0.25, -0.2) is 9.13 Å². The van der Waals surface area contributed by atoms with E-state index < -0.39 is 15.6 Å². The van der Waals surface area contributed by atoms with Crippen molar-refractivity contribution in [3.63, 3.8) is 0 Å².